The smallest absolute Gasteiger partial charge is 0.259 e. The highest BCUT2D eigenvalue weighted by atomic mass is 35.5. The van der Waals surface area contributed by atoms with Crippen LogP contribution >= 0.6 is 11.6 Å². The van der Waals surface area contributed by atoms with Gasteiger partial charge in [0.2, 0.25) is 0 Å². The molecule has 0 heterocycles. The molecule has 0 atom stereocenters. The Morgan fingerprint density at radius 1 is 0.897 bits per heavy atom. The number of carbonyl (C=O) groups is 2. The quantitative estimate of drug-likeness (QED) is 0.407. The SMILES string of the molecule is O=C(CNc1ccccc1)N/N=C\c1cccc(NC(=O)c2ccccc2Cl)c1. The third-order valence-corrected chi connectivity index (χ3v) is 4.22. The highest BCUT2D eigenvalue weighted by molar-refractivity contribution is 6.34. The number of nitrogens with one attached hydrogen (secondary N) is 3. The van der Waals surface area contributed by atoms with Crippen molar-refractivity contribution in [2.45, 2.75) is 0 Å². The van der Waals surface area contributed by atoms with Crippen LogP contribution in [0.2, 0.25) is 5.02 Å². The van der Waals surface area contributed by atoms with Gasteiger partial charge in [0.1, 0.15) is 0 Å². The minimum Gasteiger partial charge on any atom is -0.376 e. The van der Waals surface area contributed by atoms with Crippen molar-refractivity contribution in [1.29, 1.82) is 0 Å². The second-order valence-corrected chi connectivity index (χ2v) is 6.48. The maximum Gasteiger partial charge on any atom is 0.259 e. The van der Waals surface area contributed by atoms with Crippen LogP contribution in [0, 0.1) is 0 Å². The minimum absolute atomic E-state index is 0.106. The highest BCUT2D eigenvalue weighted by Crippen LogP contribution is 2.17. The molecule has 0 unspecified atom stereocenters. The van der Waals surface area contributed by atoms with Crippen molar-refractivity contribution < 1.29 is 9.59 Å². The number of hydrazone groups is 1. The average Bonchev–Trinajstić information content (AvgIpc) is 2.73. The zero-order valence-electron chi connectivity index (χ0n) is 15.4. The van der Waals surface area contributed by atoms with E-state index in [4.69, 9.17) is 11.6 Å². The third kappa shape index (κ3) is 6.19. The van der Waals surface area contributed by atoms with E-state index in [9.17, 15) is 9.59 Å². The maximum atomic E-state index is 12.3. The van der Waals surface area contributed by atoms with Crippen LogP contribution in [0.5, 0.6) is 0 Å². The van der Waals surface area contributed by atoms with Crippen molar-refractivity contribution >= 4 is 41.0 Å². The van der Waals surface area contributed by atoms with E-state index < -0.39 is 0 Å². The van der Waals surface area contributed by atoms with Gasteiger partial charge in [-0.15, -0.1) is 0 Å². The van der Waals surface area contributed by atoms with Gasteiger partial charge in [0.05, 0.1) is 23.3 Å². The number of amides is 2. The number of halogens is 1. The number of carbonyl (C=O) groups excluding carboxylic acids is 2. The molecule has 0 aliphatic rings. The maximum absolute atomic E-state index is 12.3. The molecule has 2 amide bonds. The Morgan fingerprint density at radius 3 is 2.41 bits per heavy atom. The molecule has 0 radical (unpaired) electrons. The average molecular weight is 407 g/mol. The van der Waals surface area contributed by atoms with Crippen molar-refractivity contribution in [3.05, 3.63) is 95.0 Å². The van der Waals surface area contributed by atoms with Crippen LogP contribution in [0.1, 0.15) is 15.9 Å². The molecule has 7 heteroatoms. The molecule has 146 valence electrons. The van der Waals surface area contributed by atoms with Gasteiger partial charge in [0, 0.05) is 11.4 Å². The van der Waals surface area contributed by atoms with Crippen LogP contribution in [0.3, 0.4) is 0 Å². The van der Waals surface area contributed by atoms with Crippen LogP contribution in [0.4, 0.5) is 11.4 Å². The summed E-state index contributed by atoms with van der Waals surface area (Å²) in [5, 5.41) is 10.1. The summed E-state index contributed by atoms with van der Waals surface area (Å²) in [4.78, 5) is 24.2. The Hall–Kier alpha value is -3.64. The number of benzene rings is 3. The molecule has 0 spiro atoms. The van der Waals surface area contributed by atoms with E-state index in [1.807, 2.05) is 36.4 Å². The monoisotopic (exact) mass is 406 g/mol. The molecular formula is C22H19ClN4O2. The van der Waals surface area contributed by atoms with Gasteiger partial charge in [-0.1, -0.05) is 54.1 Å². The first-order chi connectivity index (χ1) is 14.1. The molecule has 3 rings (SSSR count). The van der Waals surface area contributed by atoms with Gasteiger partial charge in [0.15, 0.2) is 0 Å². The lowest BCUT2D eigenvalue weighted by molar-refractivity contribution is -0.119. The summed E-state index contributed by atoms with van der Waals surface area (Å²) in [6, 6.07) is 23.3. The highest BCUT2D eigenvalue weighted by Gasteiger charge is 2.09. The van der Waals surface area contributed by atoms with Crippen molar-refractivity contribution in [1.82, 2.24) is 5.43 Å². The molecule has 0 saturated heterocycles. The Bertz CT molecular complexity index is 1020. The number of nitrogens with zero attached hydrogens (tertiary/aromatic N) is 1. The van der Waals surface area contributed by atoms with Gasteiger partial charge in [-0.25, -0.2) is 5.43 Å². The van der Waals surface area contributed by atoms with Gasteiger partial charge in [-0.2, -0.15) is 5.10 Å². The van der Waals surface area contributed by atoms with Gasteiger partial charge in [-0.05, 0) is 42.0 Å². The molecule has 3 N–H and O–H groups in total. The van der Waals surface area contributed by atoms with Gasteiger partial charge >= 0.3 is 0 Å². The first kappa shape index (κ1) is 20.1. The molecular weight excluding hydrogens is 388 g/mol. The molecule has 3 aromatic carbocycles. The predicted molar refractivity (Wildman–Crippen MR) is 117 cm³/mol. The topological polar surface area (TPSA) is 82.6 Å². The van der Waals surface area contributed by atoms with Crippen molar-refractivity contribution in [3.8, 4) is 0 Å². The van der Waals surface area contributed by atoms with Crippen molar-refractivity contribution in [2.24, 2.45) is 5.10 Å². The van der Waals surface area contributed by atoms with E-state index >= 15 is 0 Å². The van der Waals surface area contributed by atoms with Gasteiger partial charge in [0.25, 0.3) is 11.8 Å². The Morgan fingerprint density at radius 2 is 1.62 bits per heavy atom. The van der Waals surface area contributed by atoms with Crippen LogP contribution < -0.4 is 16.1 Å². The Labute approximate surface area is 173 Å². The zero-order chi connectivity index (χ0) is 20.5. The molecule has 29 heavy (non-hydrogen) atoms. The molecule has 3 aromatic rings. The van der Waals surface area contributed by atoms with E-state index in [0.29, 0.717) is 16.3 Å². The standard InChI is InChI=1S/C22H19ClN4O2/c23-20-12-5-4-11-19(20)22(29)26-18-10-6-7-16(13-18)14-25-27-21(28)15-24-17-8-2-1-3-9-17/h1-14,24H,15H2,(H,26,29)(H,27,28)/b25-14-. The van der Waals surface area contributed by atoms with Crippen molar-refractivity contribution in [3.63, 3.8) is 0 Å². The fraction of sp³-hybridized carbons (Fsp3) is 0.0455. The summed E-state index contributed by atoms with van der Waals surface area (Å²) in [6.45, 7) is 0.106. The van der Waals surface area contributed by atoms with E-state index in [0.717, 1.165) is 11.3 Å². The number of hydrogen-bond donors (Lipinski definition) is 3. The van der Waals surface area contributed by atoms with E-state index in [1.54, 1.807) is 42.5 Å². The molecule has 0 aliphatic carbocycles. The van der Waals surface area contributed by atoms with Gasteiger partial charge in [-0.3, -0.25) is 9.59 Å². The summed E-state index contributed by atoms with van der Waals surface area (Å²) >= 11 is 6.05. The molecule has 0 aromatic heterocycles. The summed E-state index contributed by atoms with van der Waals surface area (Å²) in [5.74, 6) is -0.571. The molecule has 0 aliphatic heterocycles. The van der Waals surface area contributed by atoms with E-state index in [2.05, 4.69) is 21.2 Å². The second kappa shape index (κ2) is 10.1. The first-order valence-electron chi connectivity index (χ1n) is 8.88. The van der Waals surface area contributed by atoms with Crippen LogP contribution in [-0.2, 0) is 4.79 Å². The minimum atomic E-state index is -0.301. The fourth-order valence-electron chi connectivity index (χ4n) is 2.50. The lowest BCUT2D eigenvalue weighted by Gasteiger charge is -2.07. The number of hydrogen-bond acceptors (Lipinski definition) is 4. The lowest BCUT2D eigenvalue weighted by atomic mass is 10.2. The van der Waals surface area contributed by atoms with E-state index in [1.165, 1.54) is 6.21 Å². The van der Waals surface area contributed by atoms with Crippen molar-refractivity contribution in [2.75, 3.05) is 17.2 Å². The Kier molecular flexibility index (Phi) is 6.97. The first-order valence-corrected chi connectivity index (χ1v) is 9.26. The number of rotatable bonds is 7. The molecule has 0 bridgehead atoms. The normalized spacial score (nSPS) is 10.5. The summed E-state index contributed by atoms with van der Waals surface area (Å²) in [6.07, 6.45) is 1.51. The van der Waals surface area contributed by atoms with Crippen LogP contribution in [0.15, 0.2) is 84.0 Å². The summed E-state index contributed by atoms with van der Waals surface area (Å²) in [5.41, 5.74) is 5.02. The van der Waals surface area contributed by atoms with Crippen LogP contribution in [0.25, 0.3) is 0 Å². The summed E-state index contributed by atoms with van der Waals surface area (Å²) < 4.78 is 0. The molecule has 0 saturated carbocycles. The lowest BCUT2D eigenvalue weighted by Crippen LogP contribution is -2.25. The number of para-hydroxylation sites is 1. The largest absolute Gasteiger partial charge is 0.376 e. The molecule has 6 nitrogen and oxygen atoms in total. The second-order valence-electron chi connectivity index (χ2n) is 6.07. The number of anilines is 2. The summed E-state index contributed by atoms with van der Waals surface area (Å²) in [7, 11) is 0. The zero-order valence-corrected chi connectivity index (χ0v) is 16.2. The van der Waals surface area contributed by atoms with Gasteiger partial charge < -0.3 is 10.6 Å². The fourth-order valence-corrected chi connectivity index (χ4v) is 2.72. The van der Waals surface area contributed by atoms with E-state index in [-0.39, 0.29) is 18.4 Å². The van der Waals surface area contributed by atoms with Crippen LogP contribution in [-0.4, -0.2) is 24.6 Å². The predicted octanol–water partition coefficient (Wildman–Crippen LogP) is 4.15. The Balaban J connectivity index is 1.53. The third-order valence-electron chi connectivity index (χ3n) is 3.89. The molecule has 0 fully saturated rings.